The highest BCUT2D eigenvalue weighted by Gasteiger charge is 2.69. The Hall–Kier alpha value is -6.47. The zero-order chi connectivity index (χ0) is 93.8. The lowest BCUT2D eigenvalue weighted by molar-refractivity contribution is -0.213. The third kappa shape index (κ3) is 32.0. The molecule has 3 N–H and O–H groups in total. The normalized spacial score (nSPS) is 27.4. The molecule has 0 unspecified atom stereocenters. The quantitative estimate of drug-likeness (QED) is 0.0532. The van der Waals surface area contributed by atoms with Gasteiger partial charge in [-0.2, -0.15) is 0 Å². The number of amides is 3. The van der Waals surface area contributed by atoms with Gasteiger partial charge in [-0.3, -0.25) is 4.79 Å². The molecule has 12 heterocycles. The Morgan fingerprint density at radius 2 is 0.759 bits per heavy atom. The molecule has 45 heteroatoms. The lowest BCUT2D eigenvalue weighted by Gasteiger charge is -2.42. The van der Waals surface area contributed by atoms with Gasteiger partial charge in [-0.1, -0.05) is 46.0 Å². The number of hydrogen-bond donors (Lipinski definition) is 3. The summed E-state index contributed by atoms with van der Waals surface area (Å²) in [5, 5.41) is 35.0. The Morgan fingerprint density at radius 1 is 0.398 bits per heavy atom. The van der Waals surface area contributed by atoms with Gasteiger partial charge in [0.15, 0.2) is 36.2 Å². The van der Waals surface area contributed by atoms with Crippen LogP contribution in [0.2, 0.25) is 0 Å². The van der Waals surface area contributed by atoms with Crippen molar-refractivity contribution in [1.82, 2.24) is 60.9 Å². The molecule has 0 aliphatic carbocycles. The summed E-state index contributed by atoms with van der Waals surface area (Å²) in [5.74, 6) is -2.82. The summed E-state index contributed by atoms with van der Waals surface area (Å²) in [6, 6.07) is 8.49. The van der Waals surface area contributed by atoms with Crippen LogP contribution in [-0.4, -0.2) is 386 Å². The minimum Gasteiger partial charge on any atom is -0.444 e. The standard InChI is InChI=1S/C88H140N12O33/c1-80(2,3)132-78(102)89-69-71-74(128-83(9,10)125-71)87(60-121-76(69)130-87)57-115-43-40-111-37-34-108-31-28-105-25-21-99-47-64(93-96-99)51-118-54-85(91-67(101)19-16-23-113-49-62-17-14-13-15-18-62,53-117-50-63-46-98(95-92-63)20-24-104-27-30-107-33-36-110-39-42-114-56-86-59-120-68(124-86)45-66-73(86)127-82(7,8)123-66)55-119-52-65-48-100(97-94-65)22-26-106-29-32-109-35-38-112-41-44-116-58-88-61-122-77(131-88)70(90-79(103)133-81(4,5)6)72-75(88)129-84(11,12)126-72/h13-15,17-18,46-48,66,68-77H,16,19-45,49-61H2,1-12H3,(H,89,102)(H,90,103)(H,91,101)/t66-,68+,69-,70-,71-,72-,73-,74-,75-,76+,77+,86+,87+,88+/m1/s1. The summed E-state index contributed by atoms with van der Waals surface area (Å²) < 4.78 is 186. The minimum atomic E-state index is -1.28. The maximum Gasteiger partial charge on any atom is 0.408 e. The molecule has 750 valence electrons. The van der Waals surface area contributed by atoms with Gasteiger partial charge in [0.1, 0.15) is 93.2 Å². The van der Waals surface area contributed by atoms with Gasteiger partial charge in [-0.15, -0.1) is 15.3 Å². The summed E-state index contributed by atoms with van der Waals surface area (Å²) in [6.45, 7) is 32.1. The fraction of sp³-hybridized carbons (Fsp3) is 0.830. The molecule has 45 nitrogen and oxygen atoms in total. The van der Waals surface area contributed by atoms with Crippen molar-refractivity contribution in [1.29, 1.82) is 0 Å². The summed E-state index contributed by atoms with van der Waals surface area (Å²) in [4.78, 5) is 39.8. The lowest BCUT2D eigenvalue weighted by atomic mass is 9.88. The molecule has 3 amide bonds. The topological polar surface area (TPSA) is 456 Å². The van der Waals surface area contributed by atoms with E-state index in [1.165, 1.54) is 0 Å². The Balaban J connectivity index is 0.525. The predicted octanol–water partition coefficient (Wildman–Crippen LogP) is 3.58. The number of nitrogens with zero attached hydrogens (tertiary/aromatic N) is 9. The number of alkyl carbamates (subject to hydrolysis) is 2. The van der Waals surface area contributed by atoms with E-state index in [0.29, 0.717) is 202 Å². The SMILES string of the molecule is CC(C)(C)OC(=O)N[C@H]1[C@H]2OC[C@](COCCOCCOCCOCCn3cc(COCC(COCc4cn(CCOCCOCCOCCOC[C@@]56CO[C@@H](O5)[C@H](NC(=O)OC(C)(C)C)[C@H]5OC(C)(C)O[C@H]56)nn4)(COCc4cn(CCOCCOCCOCCOC[C@]56CO[C@H](C[C@H]7OC(C)(C)O[C@H]75)O6)nn4)NC(=O)CCCOCc4ccccc4)nn3)(O2)[C@@H]2OC(C)(C)O[C@H]12. The molecule has 14 atom stereocenters. The zero-order valence-electron chi connectivity index (χ0n) is 79.0. The van der Waals surface area contributed by atoms with Crippen molar-refractivity contribution < 1.29 is 156 Å². The largest absolute Gasteiger partial charge is 0.444 e. The van der Waals surface area contributed by atoms with Crippen LogP contribution in [0.15, 0.2) is 48.9 Å². The fourth-order valence-electron chi connectivity index (χ4n) is 16.5. The first-order chi connectivity index (χ1) is 63.9. The van der Waals surface area contributed by atoms with E-state index in [9.17, 15) is 14.4 Å². The Morgan fingerprint density at radius 3 is 1.16 bits per heavy atom. The van der Waals surface area contributed by atoms with Crippen LogP contribution in [-0.2, 0) is 193 Å². The number of rotatable bonds is 63. The fourth-order valence-corrected chi connectivity index (χ4v) is 16.5. The van der Waals surface area contributed by atoms with Gasteiger partial charge in [-0.05, 0) is 95.1 Å². The number of carbonyl (C=O) groups excluding carboxylic acids is 3. The highest BCUT2D eigenvalue weighted by molar-refractivity contribution is 5.77. The average molecular weight is 1890 g/mol. The summed E-state index contributed by atoms with van der Waals surface area (Å²) in [5.41, 5.74) is -2.66. The highest BCUT2D eigenvalue weighted by atomic mass is 16.8. The molecule has 9 fully saturated rings. The Labute approximate surface area is 775 Å². The van der Waals surface area contributed by atoms with Crippen LogP contribution >= 0.6 is 0 Å². The van der Waals surface area contributed by atoms with E-state index < -0.39 is 112 Å². The van der Waals surface area contributed by atoms with Crippen molar-refractivity contribution >= 4 is 18.1 Å². The molecule has 3 aromatic heterocycles. The molecule has 9 saturated heterocycles. The molecule has 0 saturated carbocycles. The van der Waals surface area contributed by atoms with Crippen LogP contribution in [0.4, 0.5) is 9.59 Å². The molecular formula is C88H140N12O33. The van der Waals surface area contributed by atoms with Crippen molar-refractivity contribution in [2.45, 2.75) is 267 Å². The number of hydrogen-bond acceptors (Lipinski definition) is 39. The number of fused-ring (bicyclic) bond motifs is 12. The number of carbonyl (C=O) groups is 3. The Bertz CT molecular complexity index is 3960. The maximum atomic E-state index is 14.2. The molecule has 0 spiro atoms. The molecule has 9 aliphatic heterocycles. The van der Waals surface area contributed by atoms with Crippen LogP contribution in [0.3, 0.4) is 0 Å². The lowest BCUT2D eigenvalue weighted by Crippen LogP contribution is -2.65. The van der Waals surface area contributed by atoms with Gasteiger partial charge >= 0.3 is 12.2 Å². The first-order valence-electron chi connectivity index (χ1n) is 46.1. The van der Waals surface area contributed by atoms with E-state index in [1.807, 2.05) is 71.9 Å². The van der Waals surface area contributed by atoms with Crippen LogP contribution in [0.5, 0.6) is 0 Å². The van der Waals surface area contributed by atoms with Crippen LogP contribution < -0.4 is 16.0 Å². The van der Waals surface area contributed by atoms with Gasteiger partial charge in [0.05, 0.1) is 269 Å². The van der Waals surface area contributed by atoms with E-state index in [1.54, 1.807) is 74.2 Å². The molecule has 0 radical (unpaired) electrons. The Kier molecular flexibility index (Phi) is 38.6. The molecule has 4 aromatic rings. The number of aromatic nitrogens is 9. The molecule has 1 aromatic carbocycles. The van der Waals surface area contributed by atoms with E-state index in [4.69, 9.17) is 142 Å². The van der Waals surface area contributed by atoms with Crippen molar-refractivity contribution in [2.24, 2.45) is 0 Å². The monoisotopic (exact) mass is 1890 g/mol. The molecule has 133 heavy (non-hydrogen) atoms. The van der Waals surface area contributed by atoms with Crippen molar-refractivity contribution in [2.75, 3.05) is 205 Å². The molecule has 6 bridgehead atoms. The second-order valence-electron chi connectivity index (χ2n) is 37.4. The van der Waals surface area contributed by atoms with Crippen molar-refractivity contribution in [3.05, 3.63) is 71.6 Å². The number of ether oxygens (including phenoxy) is 30. The second-order valence-corrected chi connectivity index (χ2v) is 37.4. The first kappa shape index (κ1) is 104. The summed E-state index contributed by atoms with van der Waals surface area (Å²) >= 11 is 0. The predicted molar refractivity (Wildman–Crippen MR) is 458 cm³/mol. The smallest absolute Gasteiger partial charge is 0.408 e. The second kappa shape index (κ2) is 49.4. The van der Waals surface area contributed by atoms with E-state index in [-0.39, 0.29) is 110 Å². The van der Waals surface area contributed by atoms with Crippen LogP contribution in [0.1, 0.15) is 125 Å². The number of nitrogens with one attached hydrogen (secondary N) is 3. The van der Waals surface area contributed by atoms with E-state index >= 15 is 0 Å². The minimum absolute atomic E-state index is 0.0203. The molecule has 9 aliphatic rings. The van der Waals surface area contributed by atoms with Crippen molar-refractivity contribution in [3.8, 4) is 0 Å². The third-order valence-corrected chi connectivity index (χ3v) is 22.3. The maximum absolute atomic E-state index is 14.2. The average Bonchev–Trinajstić information content (AvgIpc) is 1.61. The van der Waals surface area contributed by atoms with Gasteiger partial charge in [0.2, 0.25) is 5.91 Å². The van der Waals surface area contributed by atoms with Gasteiger partial charge in [0.25, 0.3) is 0 Å². The third-order valence-electron chi connectivity index (χ3n) is 22.3. The van der Waals surface area contributed by atoms with E-state index in [2.05, 4.69) is 46.9 Å². The molecular weight excluding hydrogens is 1750 g/mol. The summed E-state index contributed by atoms with van der Waals surface area (Å²) in [7, 11) is 0. The molecule has 13 rings (SSSR count). The first-order valence-corrected chi connectivity index (χ1v) is 46.1. The van der Waals surface area contributed by atoms with Gasteiger partial charge < -0.3 is 158 Å². The highest BCUT2D eigenvalue weighted by Crippen LogP contribution is 2.50. The van der Waals surface area contributed by atoms with E-state index in [0.717, 1.165) is 5.56 Å². The van der Waals surface area contributed by atoms with Crippen LogP contribution in [0.25, 0.3) is 0 Å². The van der Waals surface area contributed by atoms with Crippen LogP contribution in [0, 0.1) is 0 Å². The zero-order valence-corrected chi connectivity index (χ0v) is 79.0. The summed E-state index contributed by atoms with van der Waals surface area (Å²) in [6.07, 6.45) is 0.727. The number of benzene rings is 1. The van der Waals surface area contributed by atoms with Crippen molar-refractivity contribution in [3.63, 3.8) is 0 Å². The van der Waals surface area contributed by atoms with Gasteiger partial charge in [0, 0.05) is 19.4 Å². The van der Waals surface area contributed by atoms with Gasteiger partial charge in [-0.25, -0.2) is 23.6 Å².